The molecule has 0 atom stereocenters. The van der Waals surface area contributed by atoms with Gasteiger partial charge in [0.1, 0.15) is 0 Å². The number of para-hydroxylation sites is 2. The van der Waals surface area contributed by atoms with Gasteiger partial charge in [-0.25, -0.2) is 18.7 Å². The summed E-state index contributed by atoms with van der Waals surface area (Å²) >= 11 is 0. The number of anilines is 2. The summed E-state index contributed by atoms with van der Waals surface area (Å²) in [5.74, 6) is -2.62. The van der Waals surface area contributed by atoms with Gasteiger partial charge in [0, 0.05) is 25.1 Å². The molecule has 2 heterocycles. The molecule has 0 saturated carbocycles. The van der Waals surface area contributed by atoms with Gasteiger partial charge in [-0.05, 0) is 35.9 Å². The van der Waals surface area contributed by atoms with Crippen molar-refractivity contribution in [3.63, 3.8) is 0 Å². The zero-order valence-electron chi connectivity index (χ0n) is 18.6. The van der Waals surface area contributed by atoms with Crippen LogP contribution in [0.3, 0.4) is 0 Å². The molecule has 1 amide bonds. The van der Waals surface area contributed by atoms with Gasteiger partial charge >= 0.3 is 0 Å². The van der Waals surface area contributed by atoms with E-state index >= 15 is 0 Å². The van der Waals surface area contributed by atoms with Crippen molar-refractivity contribution in [2.45, 2.75) is 19.4 Å². The van der Waals surface area contributed by atoms with Crippen LogP contribution in [0.4, 0.5) is 20.7 Å². The zero-order chi connectivity index (χ0) is 24.0. The number of nitrogens with one attached hydrogen (secondary N) is 1. The predicted molar refractivity (Wildman–Crippen MR) is 127 cm³/mol. The Labute approximate surface area is 193 Å². The van der Waals surface area contributed by atoms with Crippen molar-refractivity contribution < 1.29 is 13.6 Å². The van der Waals surface area contributed by atoms with Crippen LogP contribution in [0.15, 0.2) is 66.7 Å². The lowest BCUT2D eigenvalue weighted by molar-refractivity contribution is 0.0165. The number of alkyl halides is 2. The molecule has 2 aromatic heterocycles. The number of benzene rings is 3. The molecule has 5 rings (SSSR count). The Hall–Kier alpha value is -4.27. The summed E-state index contributed by atoms with van der Waals surface area (Å²) in [5, 5.41) is 3.25. The van der Waals surface area contributed by atoms with Crippen LogP contribution in [0.2, 0.25) is 0 Å². The summed E-state index contributed by atoms with van der Waals surface area (Å²) in [4.78, 5) is 21.0. The van der Waals surface area contributed by atoms with E-state index in [2.05, 4.69) is 15.3 Å². The van der Waals surface area contributed by atoms with Gasteiger partial charge in [0.25, 0.3) is 5.92 Å². The Kier molecular flexibility index (Phi) is 5.04. The molecule has 0 aliphatic rings. The number of carbonyl (C=O) groups is 1. The number of nitrogens with zero attached hydrogens (tertiary/aromatic N) is 4. The van der Waals surface area contributed by atoms with Crippen molar-refractivity contribution in [3.05, 3.63) is 83.4 Å². The summed E-state index contributed by atoms with van der Waals surface area (Å²) in [6.07, 6.45) is 0. The van der Waals surface area contributed by atoms with Crippen molar-refractivity contribution in [3.8, 4) is 0 Å². The number of amides is 1. The molecule has 3 aromatic carbocycles. The molecule has 3 N–H and O–H groups in total. The maximum absolute atomic E-state index is 14.3. The molecule has 0 unspecified atom stereocenters. The average Bonchev–Trinajstić information content (AvgIpc) is 3.30. The molecular formula is C25H22F2N6O. The van der Waals surface area contributed by atoms with E-state index in [0.717, 1.165) is 18.0 Å². The van der Waals surface area contributed by atoms with Crippen molar-refractivity contribution in [1.29, 1.82) is 0 Å². The average molecular weight is 460 g/mol. The SMILES string of the molecule is Cn1c(Nc2nc3cc(C(N)=O)ccc3n2Cc2ccccc2C(C)(F)F)nc2ccccc21. The second-order valence-electron chi connectivity index (χ2n) is 8.24. The van der Waals surface area contributed by atoms with Crippen LogP contribution in [0.1, 0.15) is 28.4 Å². The third-order valence-electron chi connectivity index (χ3n) is 5.86. The molecule has 0 bridgehead atoms. The van der Waals surface area contributed by atoms with Crippen LogP contribution < -0.4 is 11.1 Å². The van der Waals surface area contributed by atoms with E-state index in [-0.39, 0.29) is 12.1 Å². The highest BCUT2D eigenvalue weighted by Crippen LogP contribution is 2.32. The molecule has 9 heteroatoms. The van der Waals surface area contributed by atoms with E-state index in [1.165, 1.54) is 6.07 Å². The first-order valence-corrected chi connectivity index (χ1v) is 10.7. The number of hydrogen-bond acceptors (Lipinski definition) is 4. The van der Waals surface area contributed by atoms with Crippen LogP contribution in [-0.2, 0) is 19.5 Å². The third kappa shape index (κ3) is 3.75. The van der Waals surface area contributed by atoms with Crippen LogP contribution in [0.25, 0.3) is 22.1 Å². The smallest absolute Gasteiger partial charge is 0.270 e. The summed E-state index contributed by atoms with van der Waals surface area (Å²) in [7, 11) is 1.88. The normalized spacial score (nSPS) is 11.9. The standard InChI is InChI=1S/C25H22F2N6O/c1-25(26,27)17-8-4-3-7-16(17)14-33-21-12-11-15(22(28)34)13-19(21)30-24(33)31-23-29-18-9-5-6-10-20(18)32(23)2/h3-13H,14H2,1-2H3,(H2,28,34)(H,29,30,31). The second kappa shape index (κ2) is 7.95. The van der Waals surface area contributed by atoms with Crippen LogP contribution >= 0.6 is 0 Å². The third-order valence-corrected chi connectivity index (χ3v) is 5.86. The summed E-state index contributed by atoms with van der Waals surface area (Å²) < 4.78 is 32.3. The van der Waals surface area contributed by atoms with Gasteiger partial charge in [-0.1, -0.05) is 36.4 Å². The molecule has 0 spiro atoms. The lowest BCUT2D eigenvalue weighted by atomic mass is 10.0. The Morgan fingerprint density at radius 2 is 1.68 bits per heavy atom. The van der Waals surface area contributed by atoms with E-state index in [9.17, 15) is 13.6 Å². The number of nitrogens with two attached hydrogens (primary N) is 1. The van der Waals surface area contributed by atoms with Gasteiger partial charge in [0.15, 0.2) is 0 Å². The molecular weight excluding hydrogens is 438 g/mol. The van der Waals surface area contributed by atoms with Crippen LogP contribution in [-0.4, -0.2) is 25.0 Å². The molecule has 7 nitrogen and oxygen atoms in total. The van der Waals surface area contributed by atoms with E-state index < -0.39 is 11.8 Å². The first-order chi connectivity index (χ1) is 16.2. The van der Waals surface area contributed by atoms with Gasteiger partial charge in [-0.15, -0.1) is 0 Å². The Morgan fingerprint density at radius 3 is 2.41 bits per heavy atom. The molecule has 0 aliphatic heterocycles. The largest absolute Gasteiger partial charge is 0.366 e. The van der Waals surface area contributed by atoms with Crippen molar-refractivity contribution in [2.75, 3.05) is 5.32 Å². The van der Waals surface area contributed by atoms with E-state index in [0.29, 0.717) is 34.1 Å². The van der Waals surface area contributed by atoms with Crippen molar-refractivity contribution in [1.82, 2.24) is 19.1 Å². The molecule has 0 fully saturated rings. The fourth-order valence-corrected chi connectivity index (χ4v) is 4.15. The zero-order valence-corrected chi connectivity index (χ0v) is 18.6. The maximum Gasteiger partial charge on any atom is 0.270 e. The highest BCUT2D eigenvalue weighted by atomic mass is 19.3. The fraction of sp³-hybridized carbons (Fsp3) is 0.160. The topological polar surface area (TPSA) is 90.8 Å². The van der Waals surface area contributed by atoms with Gasteiger partial charge in [0.05, 0.1) is 28.6 Å². The Bertz CT molecular complexity index is 1550. The van der Waals surface area contributed by atoms with Gasteiger partial charge in [0.2, 0.25) is 17.8 Å². The Morgan fingerprint density at radius 1 is 0.971 bits per heavy atom. The number of rotatable bonds is 6. The quantitative estimate of drug-likeness (QED) is 0.376. The minimum absolute atomic E-state index is 0.0562. The number of imidazole rings is 2. The number of halogens is 2. The van der Waals surface area contributed by atoms with Crippen LogP contribution in [0, 0.1) is 0 Å². The summed E-state index contributed by atoms with van der Waals surface area (Å²) in [6.45, 7) is 1.02. The number of fused-ring (bicyclic) bond motifs is 2. The predicted octanol–water partition coefficient (Wildman–Crippen LogP) is 4.93. The van der Waals surface area contributed by atoms with Gasteiger partial charge in [-0.2, -0.15) is 0 Å². The highest BCUT2D eigenvalue weighted by Gasteiger charge is 2.28. The van der Waals surface area contributed by atoms with Crippen molar-refractivity contribution in [2.24, 2.45) is 12.8 Å². The van der Waals surface area contributed by atoms with E-state index in [4.69, 9.17) is 5.73 Å². The number of hydrogen-bond donors (Lipinski definition) is 2. The minimum Gasteiger partial charge on any atom is -0.366 e. The lowest BCUT2D eigenvalue weighted by Gasteiger charge is -2.17. The van der Waals surface area contributed by atoms with E-state index in [1.807, 2.05) is 35.9 Å². The number of aryl methyl sites for hydroxylation is 1. The first-order valence-electron chi connectivity index (χ1n) is 10.7. The van der Waals surface area contributed by atoms with Gasteiger partial charge in [-0.3, -0.25) is 10.1 Å². The lowest BCUT2D eigenvalue weighted by Crippen LogP contribution is -2.14. The molecule has 0 aliphatic carbocycles. The fourth-order valence-electron chi connectivity index (χ4n) is 4.15. The monoisotopic (exact) mass is 460 g/mol. The second-order valence-corrected chi connectivity index (χ2v) is 8.24. The molecule has 0 radical (unpaired) electrons. The number of primary amides is 1. The Balaban J connectivity index is 1.66. The minimum atomic E-state index is -3.00. The molecule has 5 aromatic rings. The number of aromatic nitrogens is 4. The first kappa shape index (κ1) is 21.6. The summed E-state index contributed by atoms with van der Waals surface area (Å²) in [6, 6.07) is 19.0. The van der Waals surface area contributed by atoms with E-state index in [1.54, 1.807) is 41.0 Å². The maximum atomic E-state index is 14.3. The summed E-state index contributed by atoms with van der Waals surface area (Å²) in [5.41, 5.74) is 9.07. The number of carbonyl (C=O) groups excluding carboxylic acids is 1. The van der Waals surface area contributed by atoms with Gasteiger partial charge < -0.3 is 14.9 Å². The van der Waals surface area contributed by atoms with Crippen molar-refractivity contribution >= 4 is 39.9 Å². The van der Waals surface area contributed by atoms with Crippen LogP contribution in [0.5, 0.6) is 0 Å². The molecule has 0 saturated heterocycles. The highest BCUT2D eigenvalue weighted by molar-refractivity contribution is 5.96. The molecule has 172 valence electrons. The molecule has 34 heavy (non-hydrogen) atoms.